The van der Waals surface area contributed by atoms with Crippen molar-refractivity contribution in [1.29, 1.82) is 0 Å². The third kappa shape index (κ3) is 6.75. The average molecular weight is 612 g/mol. The van der Waals surface area contributed by atoms with Gasteiger partial charge in [0.25, 0.3) is 0 Å². The van der Waals surface area contributed by atoms with E-state index >= 15 is 0 Å². The molecule has 0 aliphatic carbocycles. The van der Waals surface area contributed by atoms with Gasteiger partial charge in [0.05, 0.1) is 37.0 Å². The molecule has 0 saturated carbocycles. The molecule has 0 bridgehead atoms. The van der Waals surface area contributed by atoms with Crippen LogP contribution in [0.1, 0.15) is 34.5 Å². The molecule has 6 rings (SSSR count). The summed E-state index contributed by atoms with van der Waals surface area (Å²) in [6.45, 7) is 13.5. The normalized spacial score (nSPS) is 16.4. The standard InChI is InChI=1S/C34H38FN7O3/c1-22-16-25-18-29(39-28(25)19-30(22)41-10-8-26(9-11-41)40-12-14-44-15-13-40)34(43)24(3)20-38-42(36)31-21-37-33(17-23(31)2)45-32-7-5-4-6-27(32)35/h4-7,16-21,26,39H,3,8-15,36H2,1-2H3/b38-20-. The van der Waals surface area contributed by atoms with E-state index in [1.165, 1.54) is 35.8 Å². The van der Waals surface area contributed by atoms with Crippen molar-refractivity contribution in [3.63, 3.8) is 0 Å². The number of benzene rings is 2. The van der Waals surface area contributed by atoms with Crippen molar-refractivity contribution in [3.05, 3.63) is 89.5 Å². The Bertz CT molecular complexity index is 1740. The number of aromatic amines is 1. The van der Waals surface area contributed by atoms with Gasteiger partial charge < -0.3 is 19.4 Å². The number of H-pyrrole nitrogens is 1. The van der Waals surface area contributed by atoms with Gasteiger partial charge in [-0.25, -0.2) is 15.2 Å². The molecule has 0 atom stereocenters. The molecule has 2 aromatic carbocycles. The molecule has 234 valence electrons. The molecule has 0 unspecified atom stereocenters. The summed E-state index contributed by atoms with van der Waals surface area (Å²) < 4.78 is 25.0. The van der Waals surface area contributed by atoms with Crippen molar-refractivity contribution < 1.29 is 18.7 Å². The first kappa shape index (κ1) is 30.4. The van der Waals surface area contributed by atoms with Gasteiger partial charge in [-0.1, -0.05) is 18.7 Å². The third-order valence-electron chi connectivity index (χ3n) is 8.53. The number of hydrogen-bond donors (Lipinski definition) is 2. The number of allylic oxidation sites excluding steroid dienone is 1. The number of nitrogens with zero attached hydrogens (tertiary/aromatic N) is 5. The zero-order valence-electron chi connectivity index (χ0n) is 25.6. The van der Waals surface area contributed by atoms with Crippen LogP contribution in [0, 0.1) is 19.7 Å². The van der Waals surface area contributed by atoms with E-state index in [2.05, 4.69) is 50.5 Å². The summed E-state index contributed by atoms with van der Waals surface area (Å²) in [5, 5.41) is 6.28. The molecule has 4 aromatic rings. The summed E-state index contributed by atoms with van der Waals surface area (Å²) in [4.78, 5) is 25.8. The first-order chi connectivity index (χ1) is 21.8. The largest absolute Gasteiger partial charge is 0.436 e. The van der Waals surface area contributed by atoms with E-state index in [9.17, 15) is 9.18 Å². The van der Waals surface area contributed by atoms with E-state index in [0.717, 1.165) is 68.3 Å². The van der Waals surface area contributed by atoms with Crippen LogP contribution in [0.5, 0.6) is 11.6 Å². The number of ether oxygens (including phenoxy) is 2. The maximum Gasteiger partial charge on any atom is 0.219 e. The number of morpholine rings is 1. The Kier molecular flexibility index (Phi) is 8.92. The number of carbonyl (C=O) groups excluding carboxylic acids is 1. The number of carbonyl (C=O) groups is 1. The van der Waals surface area contributed by atoms with Crippen LogP contribution in [0.15, 0.2) is 72.0 Å². The van der Waals surface area contributed by atoms with Gasteiger partial charge in [-0.2, -0.15) is 10.2 Å². The van der Waals surface area contributed by atoms with Gasteiger partial charge in [0.1, 0.15) is 0 Å². The minimum absolute atomic E-state index is 0.0714. The van der Waals surface area contributed by atoms with Crippen LogP contribution < -0.4 is 20.6 Å². The second-order valence-corrected chi connectivity index (χ2v) is 11.6. The van der Waals surface area contributed by atoms with Gasteiger partial charge in [0.2, 0.25) is 11.7 Å². The van der Waals surface area contributed by atoms with Gasteiger partial charge in [-0.05, 0) is 68.1 Å². The van der Waals surface area contributed by atoms with E-state index in [4.69, 9.17) is 15.3 Å². The lowest BCUT2D eigenvalue weighted by atomic mass is 10.0. The van der Waals surface area contributed by atoms with Crippen LogP contribution in [0.4, 0.5) is 15.8 Å². The molecule has 2 aliphatic rings. The maximum atomic E-state index is 13.9. The monoisotopic (exact) mass is 611 g/mol. The number of hydrazine groups is 1. The van der Waals surface area contributed by atoms with E-state index < -0.39 is 5.82 Å². The van der Waals surface area contributed by atoms with Crippen molar-refractivity contribution in [2.75, 3.05) is 49.4 Å². The molecule has 0 amide bonds. The minimum Gasteiger partial charge on any atom is -0.436 e. The van der Waals surface area contributed by atoms with E-state index in [0.29, 0.717) is 23.0 Å². The number of rotatable bonds is 9. The maximum absolute atomic E-state index is 13.9. The fourth-order valence-corrected chi connectivity index (χ4v) is 6.05. The zero-order valence-corrected chi connectivity index (χ0v) is 25.6. The fourth-order valence-electron chi connectivity index (χ4n) is 6.05. The van der Waals surface area contributed by atoms with E-state index in [1.54, 1.807) is 25.1 Å². The molecule has 2 aliphatic heterocycles. The topological polar surface area (TPSA) is 112 Å². The highest BCUT2D eigenvalue weighted by Gasteiger charge is 2.27. The second-order valence-electron chi connectivity index (χ2n) is 11.6. The lowest BCUT2D eigenvalue weighted by Crippen LogP contribution is -2.49. The van der Waals surface area contributed by atoms with Crippen LogP contribution in [0.25, 0.3) is 10.9 Å². The predicted molar refractivity (Wildman–Crippen MR) is 175 cm³/mol. The van der Waals surface area contributed by atoms with Crippen molar-refractivity contribution in [2.45, 2.75) is 32.7 Å². The fraction of sp³-hybridized carbons (Fsp3) is 0.324. The molecule has 0 radical (unpaired) electrons. The SMILES string of the molecule is C=C(/C=N\N(N)c1cnc(Oc2ccccc2F)cc1C)C(=O)c1cc2cc(C)c(N3CCC(N4CCOCC4)CC3)cc2[nH]1. The molecular formula is C34H38FN7O3. The highest BCUT2D eigenvalue weighted by atomic mass is 19.1. The Balaban J connectivity index is 1.09. The Morgan fingerprint density at radius 3 is 2.62 bits per heavy atom. The lowest BCUT2D eigenvalue weighted by molar-refractivity contribution is 0.0115. The number of halogens is 1. The van der Waals surface area contributed by atoms with Gasteiger partial charge in [-0.15, -0.1) is 0 Å². The number of aromatic nitrogens is 2. The van der Waals surface area contributed by atoms with Gasteiger partial charge >= 0.3 is 0 Å². The minimum atomic E-state index is -0.486. The number of ketones is 1. The second kappa shape index (κ2) is 13.2. The van der Waals surface area contributed by atoms with Gasteiger partial charge in [0.15, 0.2) is 11.6 Å². The van der Waals surface area contributed by atoms with E-state index in [1.807, 2.05) is 6.07 Å². The summed E-state index contributed by atoms with van der Waals surface area (Å²) in [7, 11) is 0. The highest BCUT2D eigenvalue weighted by molar-refractivity contribution is 6.21. The lowest BCUT2D eigenvalue weighted by Gasteiger charge is -2.41. The first-order valence-electron chi connectivity index (χ1n) is 15.2. The summed E-state index contributed by atoms with van der Waals surface area (Å²) >= 11 is 0. The Morgan fingerprint density at radius 1 is 1.13 bits per heavy atom. The van der Waals surface area contributed by atoms with Crippen LogP contribution in [-0.4, -0.2) is 72.3 Å². The van der Waals surface area contributed by atoms with Crippen LogP contribution in [0.2, 0.25) is 0 Å². The number of piperidine rings is 1. The Labute approximate surface area is 261 Å². The molecular weight excluding hydrogens is 573 g/mol. The van der Waals surface area contributed by atoms with Crippen molar-refractivity contribution >= 4 is 34.3 Å². The van der Waals surface area contributed by atoms with Gasteiger partial charge in [0, 0.05) is 60.5 Å². The molecule has 0 spiro atoms. The number of nitrogens with one attached hydrogen (secondary N) is 1. The van der Waals surface area contributed by atoms with Crippen LogP contribution >= 0.6 is 0 Å². The molecule has 11 heteroatoms. The summed E-state index contributed by atoms with van der Waals surface area (Å²) in [6.07, 6.45) is 5.05. The number of anilines is 2. The number of fused-ring (bicyclic) bond motifs is 1. The smallest absolute Gasteiger partial charge is 0.219 e. The number of hydrogen-bond acceptors (Lipinski definition) is 9. The van der Waals surface area contributed by atoms with Crippen LogP contribution in [-0.2, 0) is 4.74 Å². The Morgan fingerprint density at radius 2 is 1.89 bits per heavy atom. The average Bonchev–Trinajstić information content (AvgIpc) is 3.47. The van der Waals surface area contributed by atoms with Gasteiger partial charge in [-0.3, -0.25) is 9.69 Å². The number of nitrogens with two attached hydrogens (primary N) is 1. The summed E-state index contributed by atoms with van der Waals surface area (Å²) in [5.74, 6) is 5.67. The molecule has 2 aromatic heterocycles. The summed E-state index contributed by atoms with van der Waals surface area (Å²) in [5.41, 5.74) is 5.05. The number of para-hydroxylation sites is 1. The van der Waals surface area contributed by atoms with Crippen molar-refractivity contribution in [1.82, 2.24) is 14.9 Å². The predicted octanol–water partition coefficient (Wildman–Crippen LogP) is 5.52. The number of Topliss-reactive ketones (excluding diaryl/α,β-unsaturated/α-hetero) is 1. The van der Waals surface area contributed by atoms with Crippen molar-refractivity contribution in [3.8, 4) is 11.6 Å². The molecule has 2 fully saturated rings. The summed E-state index contributed by atoms with van der Waals surface area (Å²) in [6, 6.07) is 14.4. The number of pyridine rings is 1. The third-order valence-corrected chi connectivity index (χ3v) is 8.53. The number of hydrazone groups is 1. The zero-order chi connectivity index (χ0) is 31.5. The number of aryl methyl sites for hydroxylation is 2. The quantitative estimate of drug-likeness (QED) is 0.0837. The molecule has 45 heavy (non-hydrogen) atoms. The molecule has 4 heterocycles. The molecule has 3 N–H and O–H groups in total. The van der Waals surface area contributed by atoms with Crippen LogP contribution in [0.3, 0.4) is 0 Å². The van der Waals surface area contributed by atoms with Crippen molar-refractivity contribution in [2.24, 2.45) is 10.9 Å². The van der Waals surface area contributed by atoms with E-state index in [-0.39, 0.29) is 23.0 Å². The first-order valence-corrected chi connectivity index (χ1v) is 15.2. The Hall–Kier alpha value is -4.58. The highest BCUT2D eigenvalue weighted by Crippen LogP contribution is 2.31. The molecule has 2 saturated heterocycles. The molecule has 10 nitrogen and oxygen atoms in total.